The van der Waals surface area contributed by atoms with Gasteiger partial charge in [-0.1, -0.05) is 45.7 Å². The highest BCUT2D eigenvalue weighted by Gasteiger charge is 2.01. The zero-order valence-electron chi connectivity index (χ0n) is 8.88. The molecule has 0 fully saturated rings. The Kier molecular flexibility index (Phi) is 4.48. The Balaban J connectivity index is 2.08. The van der Waals surface area contributed by atoms with Gasteiger partial charge in [0.05, 0.1) is 5.02 Å². The number of nitrogens with one attached hydrogen (secondary N) is 1. The molecule has 2 aromatic rings. The van der Waals surface area contributed by atoms with Gasteiger partial charge in [0.15, 0.2) is 0 Å². The van der Waals surface area contributed by atoms with E-state index in [1.807, 2.05) is 36.4 Å². The van der Waals surface area contributed by atoms with Crippen LogP contribution in [-0.2, 0) is 6.54 Å². The topological polar surface area (TPSA) is 12.0 Å². The maximum atomic E-state index is 6.03. The van der Waals surface area contributed by atoms with E-state index < -0.39 is 0 Å². The summed E-state index contributed by atoms with van der Waals surface area (Å²) in [5, 5.41) is 4.04. The van der Waals surface area contributed by atoms with Crippen LogP contribution in [0, 0.1) is 0 Å². The number of rotatable bonds is 3. The van der Waals surface area contributed by atoms with E-state index >= 15 is 0 Å². The predicted octanol–water partition coefficient (Wildman–Crippen LogP) is 5.48. The average molecular weight is 375 g/mol. The van der Waals surface area contributed by atoms with Crippen molar-refractivity contribution in [3.63, 3.8) is 0 Å². The quantitative estimate of drug-likeness (QED) is 0.749. The van der Waals surface area contributed by atoms with E-state index in [-0.39, 0.29) is 0 Å². The Labute approximate surface area is 122 Å². The highest BCUT2D eigenvalue weighted by atomic mass is 79.9. The SMILES string of the molecule is Clc1cc(NCc2ccccc2Br)ccc1Br. The number of benzene rings is 2. The zero-order chi connectivity index (χ0) is 12.3. The van der Waals surface area contributed by atoms with Gasteiger partial charge in [-0.15, -0.1) is 0 Å². The summed E-state index contributed by atoms with van der Waals surface area (Å²) in [6, 6.07) is 14.0. The summed E-state index contributed by atoms with van der Waals surface area (Å²) < 4.78 is 2.02. The smallest absolute Gasteiger partial charge is 0.0568 e. The maximum absolute atomic E-state index is 6.03. The number of hydrogen-bond donors (Lipinski definition) is 1. The summed E-state index contributed by atoms with van der Waals surface area (Å²) in [7, 11) is 0. The van der Waals surface area contributed by atoms with Gasteiger partial charge in [-0.05, 0) is 45.8 Å². The Morgan fingerprint density at radius 1 is 1.00 bits per heavy atom. The molecule has 4 heteroatoms. The van der Waals surface area contributed by atoms with Crippen molar-refractivity contribution in [2.45, 2.75) is 6.54 Å². The van der Waals surface area contributed by atoms with Crippen LogP contribution in [0.15, 0.2) is 51.4 Å². The summed E-state index contributed by atoms with van der Waals surface area (Å²) in [6.07, 6.45) is 0. The molecule has 0 amide bonds. The molecular weight excluding hydrogens is 365 g/mol. The van der Waals surface area contributed by atoms with E-state index in [4.69, 9.17) is 11.6 Å². The molecule has 0 unspecified atom stereocenters. The molecular formula is C13H10Br2ClN. The molecule has 0 aliphatic rings. The second kappa shape index (κ2) is 5.89. The van der Waals surface area contributed by atoms with Gasteiger partial charge in [-0.3, -0.25) is 0 Å². The number of halogens is 3. The molecule has 0 spiro atoms. The molecule has 0 saturated carbocycles. The summed E-state index contributed by atoms with van der Waals surface area (Å²) in [5.74, 6) is 0. The van der Waals surface area contributed by atoms with Gasteiger partial charge in [0.1, 0.15) is 0 Å². The lowest BCUT2D eigenvalue weighted by molar-refractivity contribution is 1.14. The van der Waals surface area contributed by atoms with Crippen LogP contribution in [-0.4, -0.2) is 0 Å². The Morgan fingerprint density at radius 3 is 2.47 bits per heavy atom. The van der Waals surface area contributed by atoms with Crippen molar-refractivity contribution < 1.29 is 0 Å². The molecule has 0 aliphatic heterocycles. The minimum absolute atomic E-state index is 0.710. The first-order valence-corrected chi connectivity index (χ1v) is 7.05. The lowest BCUT2D eigenvalue weighted by Crippen LogP contribution is -1.99. The van der Waals surface area contributed by atoms with Crippen LogP contribution in [0.25, 0.3) is 0 Å². The molecule has 1 N–H and O–H groups in total. The normalized spacial score (nSPS) is 10.3. The van der Waals surface area contributed by atoms with Crippen LogP contribution in [0.5, 0.6) is 0 Å². The van der Waals surface area contributed by atoms with Gasteiger partial charge in [0.25, 0.3) is 0 Å². The standard InChI is InChI=1S/C13H10Br2ClN/c14-11-4-2-1-3-9(11)8-17-10-5-6-12(15)13(16)7-10/h1-7,17H,8H2. The predicted molar refractivity (Wildman–Crippen MR) is 80.6 cm³/mol. The van der Waals surface area contributed by atoms with E-state index in [9.17, 15) is 0 Å². The lowest BCUT2D eigenvalue weighted by atomic mass is 10.2. The van der Waals surface area contributed by atoms with Crippen LogP contribution in [0.1, 0.15) is 5.56 Å². The molecule has 88 valence electrons. The van der Waals surface area contributed by atoms with E-state index in [1.165, 1.54) is 5.56 Å². The summed E-state index contributed by atoms with van der Waals surface area (Å²) in [6.45, 7) is 0.763. The first kappa shape index (κ1) is 12.9. The van der Waals surface area contributed by atoms with Gasteiger partial charge in [0.2, 0.25) is 0 Å². The fraction of sp³-hybridized carbons (Fsp3) is 0.0769. The molecule has 0 bridgehead atoms. The molecule has 0 aliphatic carbocycles. The molecule has 0 atom stereocenters. The third-order valence-corrected chi connectivity index (χ3v) is 4.37. The van der Waals surface area contributed by atoms with Crippen molar-refractivity contribution in [1.29, 1.82) is 0 Å². The summed E-state index contributed by atoms with van der Waals surface area (Å²) >= 11 is 12.9. The van der Waals surface area contributed by atoms with Crippen LogP contribution in [0.4, 0.5) is 5.69 Å². The molecule has 0 radical (unpaired) electrons. The first-order chi connectivity index (χ1) is 8.16. The molecule has 2 rings (SSSR count). The van der Waals surface area contributed by atoms with Gasteiger partial charge in [-0.2, -0.15) is 0 Å². The van der Waals surface area contributed by atoms with E-state index in [1.54, 1.807) is 0 Å². The second-order valence-corrected chi connectivity index (χ2v) is 5.69. The molecule has 1 nitrogen and oxygen atoms in total. The van der Waals surface area contributed by atoms with E-state index in [2.05, 4.69) is 43.2 Å². The second-order valence-electron chi connectivity index (χ2n) is 3.57. The largest absolute Gasteiger partial charge is 0.381 e. The third-order valence-electron chi connectivity index (χ3n) is 2.36. The van der Waals surface area contributed by atoms with Crippen molar-refractivity contribution in [2.75, 3.05) is 5.32 Å². The van der Waals surface area contributed by atoms with E-state index in [0.29, 0.717) is 5.02 Å². The Morgan fingerprint density at radius 2 is 1.76 bits per heavy atom. The highest BCUT2D eigenvalue weighted by molar-refractivity contribution is 9.10. The fourth-order valence-corrected chi connectivity index (χ4v) is 2.30. The molecule has 2 aromatic carbocycles. The Bertz CT molecular complexity index is 529. The highest BCUT2D eigenvalue weighted by Crippen LogP contribution is 2.26. The van der Waals surface area contributed by atoms with Crippen LogP contribution >= 0.6 is 43.5 Å². The monoisotopic (exact) mass is 373 g/mol. The lowest BCUT2D eigenvalue weighted by Gasteiger charge is -2.09. The van der Waals surface area contributed by atoms with Gasteiger partial charge >= 0.3 is 0 Å². The van der Waals surface area contributed by atoms with Gasteiger partial charge in [-0.25, -0.2) is 0 Å². The minimum atomic E-state index is 0.710. The average Bonchev–Trinajstić information content (AvgIpc) is 2.32. The first-order valence-electron chi connectivity index (χ1n) is 5.09. The van der Waals surface area contributed by atoms with Crippen molar-refractivity contribution in [3.8, 4) is 0 Å². The van der Waals surface area contributed by atoms with Gasteiger partial charge < -0.3 is 5.32 Å². The van der Waals surface area contributed by atoms with Crippen molar-refractivity contribution in [2.24, 2.45) is 0 Å². The van der Waals surface area contributed by atoms with Crippen LogP contribution in [0.3, 0.4) is 0 Å². The molecule has 0 aromatic heterocycles. The maximum Gasteiger partial charge on any atom is 0.0568 e. The summed E-state index contributed by atoms with van der Waals surface area (Å²) in [5.41, 5.74) is 2.22. The van der Waals surface area contributed by atoms with Gasteiger partial charge in [0, 0.05) is 21.2 Å². The molecule has 0 heterocycles. The molecule has 17 heavy (non-hydrogen) atoms. The summed E-state index contributed by atoms with van der Waals surface area (Å²) in [4.78, 5) is 0. The number of hydrogen-bond acceptors (Lipinski definition) is 1. The van der Waals surface area contributed by atoms with Crippen molar-refractivity contribution in [3.05, 3.63) is 62.0 Å². The zero-order valence-corrected chi connectivity index (χ0v) is 12.8. The minimum Gasteiger partial charge on any atom is -0.381 e. The fourth-order valence-electron chi connectivity index (χ4n) is 1.45. The van der Waals surface area contributed by atoms with Crippen LogP contribution < -0.4 is 5.32 Å². The Hall–Kier alpha value is -0.510. The third kappa shape index (κ3) is 3.47. The number of anilines is 1. The van der Waals surface area contributed by atoms with Crippen molar-refractivity contribution >= 4 is 49.1 Å². The van der Waals surface area contributed by atoms with Crippen LogP contribution in [0.2, 0.25) is 5.02 Å². The van der Waals surface area contributed by atoms with E-state index in [0.717, 1.165) is 21.2 Å². The molecule has 0 saturated heterocycles. The van der Waals surface area contributed by atoms with Crippen molar-refractivity contribution in [1.82, 2.24) is 0 Å².